The average molecular weight is 454 g/mol. The molecule has 0 aromatic carbocycles. The third-order valence-electron chi connectivity index (χ3n) is 4.17. The first-order valence-electron chi connectivity index (χ1n) is 10.2. The summed E-state index contributed by atoms with van der Waals surface area (Å²) in [5.41, 5.74) is 6.80. The molecule has 0 aliphatic rings. The van der Waals surface area contributed by atoms with Crippen LogP contribution in [0.25, 0.3) is 0 Å². The van der Waals surface area contributed by atoms with Gasteiger partial charge in [0, 0.05) is 25.2 Å². The molecule has 0 saturated heterocycles. The first-order chi connectivity index (χ1) is 14.2. The number of furan rings is 1. The van der Waals surface area contributed by atoms with E-state index in [1.54, 1.807) is 0 Å². The van der Waals surface area contributed by atoms with Gasteiger partial charge in [0.25, 0.3) is 0 Å². The van der Waals surface area contributed by atoms with E-state index in [0.717, 1.165) is 5.76 Å². The molecule has 1 rings (SSSR count). The Balaban J connectivity index is 3.11. The second-order valence-electron chi connectivity index (χ2n) is 7.23. The summed E-state index contributed by atoms with van der Waals surface area (Å²) in [6.45, 7) is 16.6. The lowest BCUT2D eigenvalue weighted by atomic mass is 10.2. The molecule has 0 amide bonds. The highest BCUT2D eigenvalue weighted by atomic mass is 32.1. The lowest BCUT2D eigenvalue weighted by Gasteiger charge is -2.29. The van der Waals surface area contributed by atoms with Gasteiger partial charge in [0.2, 0.25) is 0 Å². The molecule has 10 heteroatoms. The molecule has 1 aromatic heterocycles. The Hall–Kier alpha value is -2.04. The molecule has 1 aromatic rings. The monoisotopic (exact) mass is 453 g/mol. The normalized spacial score (nSPS) is 12.5. The minimum atomic E-state index is 0.408. The Bertz CT molecular complexity index is 748. The highest BCUT2D eigenvalue weighted by Gasteiger charge is 2.18. The van der Waals surface area contributed by atoms with Crippen molar-refractivity contribution in [3.63, 3.8) is 0 Å². The third kappa shape index (κ3) is 8.76. The molecular formula is C20H35N7OS2. The van der Waals surface area contributed by atoms with Gasteiger partial charge in [-0.3, -0.25) is 15.8 Å². The molecule has 0 aliphatic heterocycles. The van der Waals surface area contributed by atoms with E-state index in [0.29, 0.717) is 59.1 Å². The summed E-state index contributed by atoms with van der Waals surface area (Å²) >= 11 is 10.4. The molecule has 0 bridgehead atoms. The molecular weight excluding hydrogens is 418 g/mol. The summed E-state index contributed by atoms with van der Waals surface area (Å²) in [5.74, 6) is 1.46. The Labute approximate surface area is 190 Å². The molecule has 0 saturated carbocycles. The first-order valence-corrected chi connectivity index (χ1v) is 11.1. The van der Waals surface area contributed by atoms with Gasteiger partial charge in [0.15, 0.2) is 16.0 Å². The van der Waals surface area contributed by atoms with Gasteiger partial charge >= 0.3 is 0 Å². The van der Waals surface area contributed by atoms with Gasteiger partial charge in [0.1, 0.15) is 11.5 Å². The molecule has 168 valence electrons. The van der Waals surface area contributed by atoms with Crippen LogP contribution in [0.4, 0.5) is 0 Å². The second-order valence-corrected chi connectivity index (χ2v) is 8.04. The van der Waals surface area contributed by atoms with Gasteiger partial charge in [-0.1, -0.05) is 0 Å². The van der Waals surface area contributed by atoms with Crippen molar-refractivity contribution in [1.82, 2.24) is 26.4 Å². The molecule has 0 radical (unpaired) electrons. The van der Waals surface area contributed by atoms with E-state index in [9.17, 15) is 0 Å². The molecule has 4 N–H and O–H groups in total. The summed E-state index contributed by atoms with van der Waals surface area (Å²) in [4.78, 5) is 2.36. The summed E-state index contributed by atoms with van der Waals surface area (Å²) < 4.78 is 6.11. The summed E-state index contributed by atoms with van der Waals surface area (Å²) in [6.07, 6.45) is 0. The van der Waals surface area contributed by atoms with Gasteiger partial charge in [-0.25, -0.2) is 0 Å². The highest BCUT2D eigenvalue weighted by molar-refractivity contribution is 7.80. The van der Waals surface area contributed by atoms with Crippen molar-refractivity contribution >= 4 is 46.1 Å². The van der Waals surface area contributed by atoms with Crippen LogP contribution in [0.2, 0.25) is 0 Å². The zero-order valence-electron chi connectivity index (χ0n) is 19.0. The van der Waals surface area contributed by atoms with Gasteiger partial charge < -0.3 is 15.1 Å². The summed E-state index contributed by atoms with van der Waals surface area (Å²) in [5, 5.41) is 15.6. The fourth-order valence-electron chi connectivity index (χ4n) is 2.74. The smallest absolute Gasteiger partial charge is 0.186 e. The largest absolute Gasteiger partial charge is 0.458 e. The number of hydrogen-bond donors (Lipinski definition) is 4. The lowest BCUT2D eigenvalue weighted by Crippen LogP contribution is -2.36. The van der Waals surface area contributed by atoms with Gasteiger partial charge in [0.05, 0.1) is 12.3 Å². The van der Waals surface area contributed by atoms with Crippen molar-refractivity contribution in [3.05, 3.63) is 23.7 Å². The van der Waals surface area contributed by atoms with Gasteiger partial charge in [-0.05, 0) is 85.0 Å². The Kier molecular flexibility index (Phi) is 11.5. The molecule has 0 aliphatic carbocycles. The molecule has 8 nitrogen and oxygen atoms in total. The van der Waals surface area contributed by atoms with E-state index in [1.807, 2.05) is 32.9 Å². The molecule has 30 heavy (non-hydrogen) atoms. The maximum Gasteiger partial charge on any atom is 0.186 e. The van der Waals surface area contributed by atoms with E-state index < -0.39 is 0 Å². The van der Waals surface area contributed by atoms with Crippen LogP contribution in [-0.2, 0) is 6.54 Å². The SMILES string of the molecule is CCNC(=S)N/N=C(C)/C(=N\NC(=S)NCC)c1ccc(CN(C(C)C)C(C)C)o1. The van der Waals surface area contributed by atoms with E-state index in [4.69, 9.17) is 28.9 Å². The number of thiocarbonyl (C=S) groups is 2. The van der Waals surface area contributed by atoms with Crippen molar-refractivity contribution in [3.8, 4) is 0 Å². The van der Waals surface area contributed by atoms with E-state index in [-0.39, 0.29) is 0 Å². The third-order valence-corrected chi connectivity index (χ3v) is 4.64. The number of nitrogens with one attached hydrogen (secondary N) is 4. The summed E-state index contributed by atoms with van der Waals surface area (Å²) in [7, 11) is 0. The van der Waals surface area contributed by atoms with E-state index in [1.165, 1.54) is 0 Å². The highest BCUT2D eigenvalue weighted by Crippen LogP contribution is 2.16. The molecule has 1 heterocycles. The van der Waals surface area contributed by atoms with Crippen molar-refractivity contribution in [2.45, 2.75) is 67.1 Å². The van der Waals surface area contributed by atoms with Crippen LogP contribution in [0.5, 0.6) is 0 Å². The molecule has 0 fully saturated rings. The lowest BCUT2D eigenvalue weighted by molar-refractivity contribution is 0.153. The fourth-order valence-corrected chi connectivity index (χ4v) is 3.12. The van der Waals surface area contributed by atoms with Crippen molar-refractivity contribution in [1.29, 1.82) is 0 Å². The Morgan fingerprint density at radius 2 is 1.50 bits per heavy atom. The van der Waals surface area contributed by atoms with E-state index >= 15 is 0 Å². The average Bonchev–Trinajstić information content (AvgIpc) is 3.13. The number of nitrogens with zero attached hydrogens (tertiary/aromatic N) is 3. The zero-order chi connectivity index (χ0) is 22.7. The predicted molar refractivity (Wildman–Crippen MR) is 133 cm³/mol. The minimum absolute atomic E-state index is 0.408. The zero-order valence-corrected chi connectivity index (χ0v) is 20.6. The quantitative estimate of drug-likeness (QED) is 0.244. The predicted octanol–water partition coefficient (Wildman–Crippen LogP) is 2.95. The number of rotatable bonds is 10. The Morgan fingerprint density at radius 1 is 0.967 bits per heavy atom. The number of hydrazone groups is 2. The van der Waals surface area contributed by atoms with Crippen molar-refractivity contribution < 1.29 is 4.42 Å². The Morgan fingerprint density at radius 3 is 2.00 bits per heavy atom. The molecule has 0 spiro atoms. The minimum Gasteiger partial charge on any atom is -0.458 e. The topological polar surface area (TPSA) is 89.2 Å². The van der Waals surface area contributed by atoms with Crippen LogP contribution in [0.15, 0.2) is 26.8 Å². The van der Waals surface area contributed by atoms with Crippen molar-refractivity contribution in [2.75, 3.05) is 13.1 Å². The van der Waals surface area contributed by atoms with Gasteiger partial charge in [-0.2, -0.15) is 10.2 Å². The van der Waals surface area contributed by atoms with E-state index in [2.05, 4.69) is 64.3 Å². The fraction of sp³-hybridized carbons (Fsp3) is 0.600. The molecule has 0 unspecified atom stereocenters. The van der Waals surface area contributed by atoms with Crippen LogP contribution < -0.4 is 21.5 Å². The van der Waals surface area contributed by atoms with Crippen LogP contribution in [0, 0.1) is 0 Å². The van der Waals surface area contributed by atoms with Crippen molar-refractivity contribution in [2.24, 2.45) is 10.2 Å². The van der Waals surface area contributed by atoms with Gasteiger partial charge in [-0.15, -0.1) is 0 Å². The summed E-state index contributed by atoms with van der Waals surface area (Å²) in [6, 6.07) is 4.68. The van der Waals surface area contributed by atoms with Crippen LogP contribution in [0.1, 0.15) is 60.0 Å². The molecule has 0 atom stereocenters. The van der Waals surface area contributed by atoms with Crippen LogP contribution in [-0.4, -0.2) is 51.7 Å². The second kappa shape index (κ2) is 13.3. The maximum atomic E-state index is 6.11. The van der Waals surface area contributed by atoms with Crippen LogP contribution in [0.3, 0.4) is 0 Å². The maximum absolute atomic E-state index is 6.11. The standard InChI is InChI=1S/C20H35N7OS2/c1-8-21-19(29)25-23-15(7)18(24-26-20(30)22-9-2)17-11-10-16(28-17)12-27(13(3)4)14(5)6/h10-11,13-14H,8-9,12H2,1-7H3,(H2,21,25,29)(H2,22,26,30)/b23-15+,24-18+. The number of hydrogen-bond acceptors (Lipinski definition) is 6. The van der Waals surface area contributed by atoms with Crippen LogP contribution >= 0.6 is 24.4 Å². The first kappa shape index (κ1) is 26.0.